The monoisotopic (exact) mass is 470 g/mol. The highest BCUT2D eigenvalue weighted by molar-refractivity contribution is 14.0. The van der Waals surface area contributed by atoms with Gasteiger partial charge in [-0.25, -0.2) is 13.1 Å². The second-order valence-corrected chi connectivity index (χ2v) is 6.75. The number of hydrogen-bond acceptors (Lipinski definition) is 4. The first-order chi connectivity index (χ1) is 11.0. The van der Waals surface area contributed by atoms with Crippen LogP contribution in [0, 0.1) is 0 Å². The average Bonchev–Trinajstić information content (AvgIpc) is 2.50. The molecule has 0 saturated carbocycles. The van der Waals surface area contributed by atoms with Gasteiger partial charge in [-0.1, -0.05) is 18.2 Å². The van der Waals surface area contributed by atoms with Crippen molar-refractivity contribution in [3.05, 3.63) is 29.8 Å². The molecule has 0 aliphatic carbocycles. The molecule has 0 fully saturated rings. The Bertz CT molecular complexity index is 608. The zero-order chi connectivity index (χ0) is 17.1. The topological polar surface area (TPSA) is 91.8 Å². The maximum Gasteiger partial charge on any atom is 0.208 e. The number of guanidine groups is 1. The number of rotatable bonds is 9. The lowest BCUT2D eigenvalue weighted by Crippen LogP contribution is -2.38. The van der Waals surface area contributed by atoms with Crippen LogP contribution in [0.5, 0.6) is 5.75 Å². The molecular formula is C15H27IN4O3S. The molecule has 0 amide bonds. The highest BCUT2D eigenvalue weighted by atomic mass is 127. The van der Waals surface area contributed by atoms with Crippen molar-refractivity contribution in [1.82, 2.24) is 15.4 Å². The zero-order valence-electron chi connectivity index (χ0n) is 14.3. The van der Waals surface area contributed by atoms with Crippen molar-refractivity contribution in [3.63, 3.8) is 0 Å². The summed E-state index contributed by atoms with van der Waals surface area (Å²) in [7, 11) is -1.43. The van der Waals surface area contributed by atoms with E-state index in [1.807, 2.05) is 31.2 Å². The fourth-order valence-electron chi connectivity index (χ4n) is 1.90. The first-order valence-electron chi connectivity index (χ1n) is 7.56. The predicted molar refractivity (Wildman–Crippen MR) is 109 cm³/mol. The molecule has 0 unspecified atom stereocenters. The Labute approximate surface area is 161 Å². The molecule has 9 heteroatoms. The van der Waals surface area contributed by atoms with Gasteiger partial charge in [0.05, 0.1) is 12.9 Å². The van der Waals surface area contributed by atoms with Gasteiger partial charge in [-0.3, -0.25) is 4.99 Å². The molecule has 0 aliphatic heterocycles. The van der Waals surface area contributed by atoms with E-state index >= 15 is 0 Å². The molecule has 0 spiro atoms. The number of benzene rings is 1. The van der Waals surface area contributed by atoms with E-state index in [4.69, 9.17) is 4.74 Å². The summed E-state index contributed by atoms with van der Waals surface area (Å²) >= 11 is 0. The minimum atomic E-state index is -3.12. The van der Waals surface area contributed by atoms with Crippen LogP contribution in [0.15, 0.2) is 29.3 Å². The molecule has 0 radical (unpaired) electrons. The van der Waals surface area contributed by atoms with E-state index in [0.717, 1.165) is 17.6 Å². The van der Waals surface area contributed by atoms with Crippen molar-refractivity contribution in [3.8, 4) is 5.75 Å². The zero-order valence-corrected chi connectivity index (χ0v) is 17.5. The smallest absolute Gasteiger partial charge is 0.208 e. The second-order valence-electron chi connectivity index (χ2n) is 4.91. The molecule has 1 rings (SSSR count). The first-order valence-corrected chi connectivity index (χ1v) is 9.45. The summed E-state index contributed by atoms with van der Waals surface area (Å²) in [6.07, 6.45) is 1.82. The third-order valence-corrected chi connectivity index (χ3v) is 3.68. The van der Waals surface area contributed by atoms with Gasteiger partial charge in [0, 0.05) is 32.2 Å². The van der Waals surface area contributed by atoms with Crippen molar-refractivity contribution in [2.24, 2.45) is 4.99 Å². The van der Waals surface area contributed by atoms with Crippen LogP contribution in [0.4, 0.5) is 0 Å². The molecule has 0 aliphatic rings. The minimum absolute atomic E-state index is 0. The third kappa shape index (κ3) is 9.93. The Morgan fingerprint density at radius 1 is 1.21 bits per heavy atom. The Balaban J connectivity index is 0.00000529. The van der Waals surface area contributed by atoms with Crippen LogP contribution in [0.2, 0.25) is 0 Å². The number of ether oxygens (including phenoxy) is 1. The number of sulfonamides is 1. The number of hydrogen-bond donors (Lipinski definition) is 3. The van der Waals surface area contributed by atoms with E-state index in [1.54, 1.807) is 7.05 Å². The van der Waals surface area contributed by atoms with Gasteiger partial charge in [-0.15, -0.1) is 24.0 Å². The van der Waals surface area contributed by atoms with Crippen molar-refractivity contribution in [1.29, 1.82) is 0 Å². The standard InChI is InChI=1S/C15H26N4O3S.HI/c1-4-22-14-9-6-5-8-13(14)12-18-15(16-2)17-10-7-11-19-23(3,20)21;/h5-6,8-9,19H,4,7,10-12H2,1-3H3,(H2,16,17,18);1H. The van der Waals surface area contributed by atoms with Gasteiger partial charge in [-0.05, 0) is 19.4 Å². The molecule has 0 heterocycles. The number of para-hydroxylation sites is 1. The van der Waals surface area contributed by atoms with Gasteiger partial charge in [0.2, 0.25) is 10.0 Å². The molecule has 0 bridgehead atoms. The van der Waals surface area contributed by atoms with Gasteiger partial charge < -0.3 is 15.4 Å². The van der Waals surface area contributed by atoms with Crippen molar-refractivity contribution < 1.29 is 13.2 Å². The highest BCUT2D eigenvalue weighted by Crippen LogP contribution is 2.17. The summed E-state index contributed by atoms with van der Waals surface area (Å²) in [5, 5.41) is 6.35. The molecule has 3 N–H and O–H groups in total. The lowest BCUT2D eigenvalue weighted by Gasteiger charge is -2.14. The van der Waals surface area contributed by atoms with E-state index in [-0.39, 0.29) is 24.0 Å². The minimum Gasteiger partial charge on any atom is -0.494 e. The Hall–Kier alpha value is -1.07. The van der Waals surface area contributed by atoms with Crippen LogP contribution in [0.1, 0.15) is 18.9 Å². The lowest BCUT2D eigenvalue weighted by molar-refractivity contribution is 0.336. The molecular weight excluding hydrogens is 443 g/mol. The Morgan fingerprint density at radius 3 is 2.54 bits per heavy atom. The molecule has 1 aromatic carbocycles. The van der Waals surface area contributed by atoms with Crippen LogP contribution in [0.25, 0.3) is 0 Å². The summed E-state index contributed by atoms with van der Waals surface area (Å²) in [6, 6.07) is 7.85. The fourth-order valence-corrected chi connectivity index (χ4v) is 2.41. The molecule has 7 nitrogen and oxygen atoms in total. The normalized spacial score (nSPS) is 11.5. The second kappa shape index (κ2) is 12.3. The van der Waals surface area contributed by atoms with Crippen molar-refractivity contribution in [2.75, 3.05) is 33.0 Å². The average molecular weight is 470 g/mol. The van der Waals surface area contributed by atoms with E-state index < -0.39 is 10.0 Å². The number of halogens is 1. The van der Waals surface area contributed by atoms with Crippen molar-refractivity contribution >= 4 is 40.0 Å². The summed E-state index contributed by atoms with van der Waals surface area (Å²) in [6.45, 7) is 4.19. The quantitative estimate of drug-likeness (QED) is 0.219. The van der Waals surface area contributed by atoms with E-state index in [1.165, 1.54) is 0 Å². The molecule has 0 saturated heterocycles. The highest BCUT2D eigenvalue weighted by Gasteiger charge is 2.04. The van der Waals surface area contributed by atoms with E-state index in [2.05, 4.69) is 20.3 Å². The van der Waals surface area contributed by atoms with Crippen LogP contribution < -0.4 is 20.1 Å². The maximum absolute atomic E-state index is 10.9. The summed E-state index contributed by atoms with van der Waals surface area (Å²) in [4.78, 5) is 4.14. The molecule has 0 atom stereocenters. The van der Waals surface area contributed by atoms with Gasteiger partial charge in [0.25, 0.3) is 0 Å². The van der Waals surface area contributed by atoms with Gasteiger partial charge in [0.1, 0.15) is 5.75 Å². The van der Waals surface area contributed by atoms with Gasteiger partial charge in [0.15, 0.2) is 5.96 Å². The van der Waals surface area contributed by atoms with Gasteiger partial charge >= 0.3 is 0 Å². The van der Waals surface area contributed by atoms with E-state index in [0.29, 0.717) is 38.6 Å². The number of nitrogens with zero attached hydrogens (tertiary/aromatic N) is 1. The predicted octanol–water partition coefficient (Wildman–Crippen LogP) is 1.31. The third-order valence-electron chi connectivity index (χ3n) is 2.95. The van der Waals surface area contributed by atoms with Crippen LogP contribution in [0.3, 0.4) is 0 Å². The van der Waals surface area contributed by atoms with Crippen LogP contribution >= 0.6 is 24.0 Å². The number of aliphatic imine (C=N–C) groups is 1. The lowest BCUT2D eigenvalue weighted by atomic mass is 10.2. The summed E-state index contributed by atoms with van der Waals surface area (Å²) in [5.41, 5.74) is 1.05. The first kappa shape index (κ1) is 22.9. The Kier molecular flexibility index (Phi) is 11.8. The fraction of sp³-hybridized carbons (Fsp3) is 0.533. The van der Waals surface area contributed by atoms with Gasteiger partial charge in [-0.2, -0.15) is 0 Å². The summed E-state index contributed by atoms with van der Waals surface area (Å²) < 4.78 is 29.9. The van der Waals surface area contributed by atoms with Crippen LogP contribution in [-0.4, -0.2) is 47.4 Å². The molecule has 1 aromatic rings. The number of nitrogens with one attached hydrogen (secondary N) is 3. The molecule has 24 heavy (non-hydrogen) atoms. The summed E-state index contributed by atoms with van der Waals surface area (Å²) in [5.74, 6) is 1.52. The van der Waals surface area contributed by atoms with Crippen LogP contribution in [-0.2, 0) is 16.6 Å². The SMILES string of the molecule is CCOc1ccccc1CNC(=NC)NCCCNS(C)(=O)=O.I. The maximum atomic E-state index is 10.9. The van der Waals surface area contributed by atoms with E-state index in [9.17, 15) is 8.42 Å². The largest absolute Gasteiger partial charge is 0.494 e. The van der Waals surface area contributed by atoms with Crippen molar-refractivity contribution in [2.45, 2.75) is 19.9 Å². The Morgan fingerprint density at radius 2 is 1.92 bits per heavy atom. The molecule has 0 aromatic heterocycles. The molecule has 138 valence electrons.